The number of hydrogen-bond donors (Lipinski definition) is 3. The molecule has 0 bridgehead atoms. The molecule has 0 saturated carbocycles. The molecule has 1 fully saturated rings. The number of ether oxygens (including phenoxy) is 1. The number of morpholine rings is 1. The number of nitrogens with one attached hydrogen (secondary N) is 2. The van der Waals surface area contributed by atoms with Gasteiger partial charge in [-0.05, 0) is 30.7 Å². The van der Waals surface area contributed by atoms with Crippen LogP contribution in [-0.4, -0.2) is 64.6 Å². The van der Waals surface area contributed by atoms with E-state index in [4.69, 9.17) is 4.74 Å². The standard InChI is InChI=1S/C22H28N4O3S2/c1-16-19(23-7-6-20(16)30-13-10-26-8-11-29-12-9-26)15-31-22(14-21(27)28)24-17-4-2-3-5-18(17)25-22/h2-7,24-25H,8-15H2,1H3,(H,27,28). The SMILES string of the molecule is Cc1c(SCCN2CCOCC2)ccnc1CSC1(CC(=O)O)Nc2ccccc2N1. The van der Waals surface area contributed by atoms with Crippen LogP contribution in [0.15, 0.2) is 41.4 Å². The second kappa shape index (κ2) is 10.1. The number of aromatic nitrogens is 1. The van der Waals surface area contributed by atoms with E-state index >= 15 is 0 Å². The van der Waals surface area contributed by atoms with Crippen LogP contribution < -0.4 is 10.6 Å². The molecule has 1 aromatic heterocycles. The molecule has 1 aromatic carbocycles. The zero-order valence-corrected chi connectivity index (χ0v) is 19.2. The third-order valence-corrected chi connectivity index (χ3v) is 7.88. The molecule has 7 nitrogen and oxygen atoms in total. The molecule has 0 unspecified atom stereocenters. The van der Waals surface area contributed by atoms with E-state index in [2.05, 4.69) is 33.5 Å². The van der Waals surface area contributed by atoms with E-state index in [1.165, 1.54) is 10.5 Å². The number of thioether (sulfide) groups is 2. The van der Waals surface area contributed by atoms with Gasteiger partial charge in [-0.3, -0.25) is 14.7 Å². The van der Waals surface area contributed by atoms with Crippen LogP contribution in [0.5, 0.6) is 0 Å². The number of aliphatic carboxylic acids is 1. The second-order valence-electron chi connectivity index (χ2n) is 7.67. The van der Waals surface area contributed by atoms with Gasteiger partial charge < -0.3 is 20.5 Å². The summed E-state index contributed by atoms with van der Waals surface area (Å²) < 4.78 is 5.41. The van der Waals surface area contributed by atoms with Crippen LogP contribution in [0.4, 0.5) is 11.4 Å². The predicted octanol–water partition coefficient (Wildman–Crippen LogP) is 3.71. The van der Waals surface area contributed by atoms with E-state index in [1.807, 2.05) is 42.2 Å². The zero-order valence-electron chi connectivity index (χ0n) is 17.6. The second-order valence-corrected chi connectivity index (χ2v) is 10.1. The molecule has 1 saturated heterocycles. The molecule has 2 aliphatic heterocycles. The largest absolute Gasteiger partial charge is 0.481 e. The van der Waals surface area contributed by atoms with Gasteiger partial charge in [-0.15, -0.1) is 23.5 Å². The first-order valence-electron chi connectivity index (χ1n) is 10.4. The Morgan fingerprint density at radius 3 is 2.61 bits per heavy atom. The van der Waals surface area contributed by atoms with Crippen LogP contribution in [0, 0.1) is 6.92 Å². The van der Waals surface area contributed by atoms with Crippen LogP contribution in [0.3, 0.4) is 0 Å². The van der Waals surface area contributed by atoms with Gasteiger partial charge in [0, 0.05) is 42.2 Å². The molecule has 3 N–H and O–H groups in total. The van der Waals surface area contributed by atoms with E-state index in [0.717, 1.165) is 55.7 Å². The minimum atomic E-state index is -0.850. The van der Waals surface area contributed by atoms with Crippen molar-refractivity contribution in [3.8, 4) is 0 Å². The number of fused-ring (bicyclic) bond motifs is 1. The quantitative estimate of drug-likeness (QED) is 0.485. The van der Waals surface area contributed by atoms with Crippen molar-refractivity contribution < 1.29 is 14.6 Å². The molecule has 4 rings (SSSR count). The van der Waals surface area contributed by atoms with Crippen molar-refractivity contribution >= 4 is 40.9 Å². The highest BCUT2D eigenvalue weighted by Gasteiger charge is 2.39. The minimum Gasteiger partial charge on any atom is -0.481 e. The molecular formula is C22H28N4O3S2. The Labute approximate surface area is 191 Å². The van der Waals surface area contributed by atoms with E-state index in [0.29, 0.717) is 5.75 Å². The summed E-state index contributed by atoms with van der Waals surface area (Å²) in [6.07, 6.45) is 1.81. The lowest BCUT2D eigenvalue weighted by atomic mass is 10.2. The molecule has 2 aromatic rings. The van der Waals surface area contributed by atoms with Gasteiger partial charge in [0.1, 0.15) is 0 Å². The third kappa shape index (κ3) is 5.65. The number of pyridine rings is 1. The maximum atomic E-state index is 11.6. The number of rotatable bonds is 9. The third-order valence-electron chi connectivity index (χ3n) is 5.48. The minimum absolute atomic E-state index is 0.0423. The van der Waals surface area contributed by atoms with Crippen molar-refractivity contribution in [3.63, 3.8) is 0 Å². The van der Waals surface area contributed by atoms with Crippen LogP contribution in [0.2, 0.25) is 0 Å². The number of carboxylic acid groups (broad SMARTS) is 1. The number of carboxylic acids is 1. The molecule has 0 spiro atoms. The van der Waals surface area contributed by atoms with E-state index in [-0.39, 0.29) is 6.42 Å². The van der Waals surface area contributed by atoms with E-state index < -0.39 is 11.0 Å². The van der Waals surface area contributed by atoms with Gasteiger partial charge in [-0.2, -0.15) is 0 Å². The average Bonchev–Trinajstić information content (AvgIpc) is 3.12. The van der Waals surface area contributed by atoms with Crippen molar-refractivity contribution in [2.75, 3.05) is 49.2 Å². The maximum absolute atomic E-state index is 11.6. The normalized spacial score (nSPS) is 17.6. The fourth-order valence-electron chi connectivity index (χ4n) is 3.75. The van der Waals surface area contributed by atoms with Crippen molar-refractivity contribution in [1.82, 2.24) is 9.88 Å². The zero-order chi connectivity index (χ0) is 21.7. The molecular weight excluding hydrogens is 432 g/mol. The summed E-state index contributed by atoms with van der Waals surface area (Å²) in [6, 6.07) is 9.88. The Balaban J connectivity index is 1.39. The first-order valence-corrected chi connectivity index (χ1v) is 12.4. The summed E-state index contributed by atoms with van der Waals surface area (Å²) >= 11 is 3.40. The number of nitrogens with zero attached hydrogens (tertiary/aromatic N) is 2. The van der Waals surface area contributed by atoms with Gasteiger partial charge in [0.05, 0.1) is 36.7 Å². The fourth-order valence-corrected chi connectivity index (χ4v) is 6.08. The predicted molar refractivity (Wildman–Crippen MR) is 127 cm³/mol. The highest BCUT2D eigenvalue weighted by atomic mass is 32.2. The molecule has 9 heteroatoms. The van der Waals surface area contributed by atoms with Gasteiger partial charge in [-0.1, -0.05) is 12.1 Å². The number of para-hydroxylation sites is 2. The van der Waals surface area contributed by atoms with Crippen molar-refractivity contribution in [2.24, 2.45) is 0 Å². The molecule has 31 heavy (non-hydrogen) atoms. The van der Waals surface area contributed by atoms with Gasteiger partial charge in [0.25, 0.3) is 0 Å². The summed E-state index contributed by atoms with van der Waals surface area (Å²) in [5, 5.41) is 16.2. The van der Waals surface area contributed by atoms with Crippen LogP contribution in [0.25, 0.3) is 0 Å². The van der Waals surface area contributed by atoms with Gasteiger partial charge in [0.2, 0.25) is 0 Å². The van der Waals surface area contributed by atoms with Crippen LogP contribution in [-0.2, 0) is 15.3 Å². The summed E-state index contributed by atoms with van der Waals surface area (Å²) in [5.41, 5.74) is 4.01. The first kappa shape index (κ1) is 22.3. The number of anilines is 2. The Kier molecular flexibility index (Phi) is 7.27. The lowest BCUT2D eigenvalue weighted by molar-refractivity contribution is -0.137. The van der Waals surface area contributed by atoms with E-state index in [9.17, 15) is 9.90 Å². The van der Waals surface area contributed by atoms with Crippen molar-refractivity contribution in [2.45, 2.75) is 29.0 Å². The summed E-state index contributed by atoms with van der Waals surface area (Å²) in [4.78, 5) is 19.0. The highest BCUT2D eigenvalue weighted by molar-refractivity contribution is 8.00. The van der Waals surface area contributed by atoms with Gasteiger partial charge in [-0.25, -0.2) is 0 Å². The van der Waals surface area contributed by atoms with E-state index in [1.54, 1.807) is 11.8 Å². The monoisotopic (exact) mass is 460 g/mol. The Bertz CT molecular complexity index is 896. The lowest BCUT2D eigenvalue weighted by Gasteiger charge is -2.29. The topological polar surface area (TPSA) is 86.7 Å². The number of hydrogen-bond acceptors (Lipinski definition) is 8. The molecule has 0 amide bonds. The average molecular weight is 461 g/mol. The molecule has 2 aliphatic rings. The number of carbonyl (C=O) groups is 1. The fraction of sp³-hybridized carbons (Fsp3) is 0.455. The van der Waals surface area contributed by atoms with Gasteiger partial charge in [0.15, 0.2) is 4.99 Å². The van der Waals surface area contributed by atoms with Crippen LogP contribution in [0.1, 0.15) is 17.7 Å². The Morgan fingerprint density at radius 2 is 1.94 bits per heavy atom. The highest BCUT2D eigenvalue weighted by Crippen LogP contribution is 2.43. The first-order chi connectivity index (χ1) is 15.0. The van der Waals surface area contributed by atoms with Crippen LogP contribution >= 0.6 is 23.5 Å². The van der Waals surface area contributed by atoms with Crippen molar-refractivity contribution in [1.29, 1.82) is 0 Å². The lowest BCUT2D eigenvalue weighted by Crippen LogP contribution is -2.40. The molecule has 0 radical (unpaired) electrons. The molecule has 0 aliphatic carbocycles. The summed E-state index contributed by atoms with van der Waals surface area (Å²) in [6.45, 7) is 6.81. The Morgan fingerprint density at radius 1 is 1.23 bits per heavy atom. The summed E-state index contributed by atoms with van der Waals surface area (Å²) in [5.74, 6) is 0.793. The Hall–Kier alpha value is -1.94. The molecule has 0 atom stereocenters. The van der Waals surface area contributed by atoms with Crippen molar-refractivity contribution in [3.05, 3.63) is 47.8 Å². The maximum Gasteiger partial charge on any atom is 0.308 e. The summed E-state index contributed by atoms with van der Waals surface area (Å²) in [7, 11) is 0. The smallest absolute Gasteiger partial charge is 0.308 e. The van der Waals surface area contributed by atoms with Gasteiger partial charge >= 0.3 is 5.97 Å². The molecule has 166 valence electrons. The number of benzene rings is 1. The molecule has 3 heterocycles.